The lowest BCUT2D eigenvalue weighted by Gasteiger charge is -2.11. The molecule has 1 rings (SSSR count). The molecule has 0 saturated carbocycles. The van der Waals surface area contributed by atoms with E-state index in [1.165, 1.54) is 14.1 Å². The van der Waals surface area contributed by atoms with Crippen LogP contribution in [0.1, 0.15) is 10.4 Å². The third-order valence-corrected chi connectivity index (χ3v) is 3.99. The van der Waals surface area contributed by atoms with Gasteiger partial charge in [-0.25, -0.2) is 8.42 Å². The molecule has 7 nitrogen and oxygen atoms in total. The lowest BCUT2D eigenvalue weighted by Crippen LogP contribution is -2.22. The van der Waals surface area contributed by atoms with E-state index in [4.69, 9.17) is 22.3 Å². The second-order valence-electron chi connectivity index (χ2n) is 3.70. The molecule has 0 aliphatic rings. The number of carbonyl (C=O) groups is 1. The zero-order chi connectivity index (χ0) is 15.0. The van der Waals surface area contributed by atoms with Crippen molar-refractivity contribution < 1.29 is 18.1 Å². The summed E-state index contributed by atoms with van der Waals surface area (Å²) in [5.74, 6) is -0.610. The van der Waals surface area contributed by atoms with Gasteiger partial charge in [0.2, 0.25) is 0 Å². The predicted molar refractivity (Wildman–Crippen MR) is 69.2 cm³/mol. The van der Waals surface area contributed by atoms with Crippen LogP contribution in [-0.4, -0.2) is 38.2 Å². The van der Waals surface area contributed by atoms with Crippen molar-refractivity contribution >= 4 is 42.9 Å². The van der Waals surface area contributed by atoms with E-state index >= 15 is 0 Å². The number of hydrogen-bond acceptors (Lipinski definition) is 5. The van der Waals surface area contributed by atoms with Gasteiger partial charge in [-0.1, -0.05) is 11.6 Å². The average molecular weight is 327 g/mol. The van der Waals surface area contributed by atoms with Gasteiger partial charge >= 0.3 is 0 Å². The van der Waals surface area contributed by atoms with Crippen LogP contribution < -0.4 is 0 Å². The standard InChI is InChI=1S/C9H8Cl2N2O5S/c1-12(2)9(14)5-3-6(13(15)16)8(10)7(4-5)19(11,17)18/h3-4H,1-2H3. The SMILES string of the molecule is CN(C)C(=O)c1cc([N+](=O)[O-])c(Cl)c(S(=O)(=O)Cl)c1. The first-order chi connectivity index (χ1) is 8.55. The quantitative estimate of drug-likeness (QED) is 0.479. The fraction of sp³-hybridized carbons (Fsp3) is 0.222. The molecule has 0 aliphatic heterocycles. The number of halogens is 2. The second-order valence-corrected chi connectivity index (χ2v) is 6.61. The van der Waals surface area contributed by atoms with Gasteiger partial charge in [0, 0.05) is 36.4 Å². The number of amides is 1. The van der Waals surface area contributed by atoms with Crippen LogP contribution >= 0.6 is 22.3 Å². The smallest absolute Gasteiger partial charge is 0.290 e. The second kappa shape index (κ2) is 5.32. The lowest BCUT2D eigenvalue weighted by atomic mass is 10.2. The zero-order valence-corrected chi connectivity index (χ0v) is 12.1. The highest BCUT2D eigenvalue weighted by Gasteiger charge is 2.27. The molecule has 19 heavy (non-hydrogen) atoms. The van der Waals surface area contributed by atoms with Gasteiger partial charge in [-0.15, -0.1) is 0 Å². The average Bonchev–Trinajstić information content (AvgIpc) is 2.26. The van der Waals surface area contributed by atoms with Crippen LogP contribution in [-0.2, 0) is 9.05 Å². The highest BCUT2D eigenvalue weighted by molar-refractivity contribution is 8.13. The molecule has 0 atom stereocenters. The molecule has 0 heterocycles. The van der Waals surface area contributed by atoms with Gasteiger partial charge < -0.3 is 4.90 Å². The van der Waals surface area contributed by atoms with Crippen LogP contribution in [0.15, 0.2) is 17.0 Å². The fourth-order valence-electron chi connectivity index (χ4n) is 1.28. The fourth-order valence-corrected chi connectivity index (χ4v) is 2.83. The van der Waals surface area contributed by atoms with Gasteiger partial charge in [0.15, 0.2) is 0 Å². The van der Waals surface area contributed by atoms with E-state index in [0.29, 0.717) is 0 Å². The van der Waals surface area contributed by atoms with Crippen molar-refractivity contribution in [2.45, 2.75) is 4.90 Å². The maximum atomic E-state index is 11.7. The number of nitrogens with zero attached hydrogens (tertiary/aromatic N) is 2. The first kappa shape index (κ1) is 15.7. The highest BCUT2D eigenvalue weighted by Crippen LogP contribution is 2.34. The summed E-state index contributed by atoms with van der Waals surface area (Å²) in [5.41, 5.74) is -0.895. The first-order valence-electron chi connectivity index (χ1n) is 4.70. The Balaban J connectivity index is 3.68. The van der Waals surface area contributed by atoms with Crippen molar-refractivity contribution in [1.82, 2.24) is 4.90 Å². The van der Waals surface area contributed by atoms with E-state index in [9.17, 15) is 23.3 Å². The molecule has 0 unspecified atom stereocenters. The maximum absolute atomic E-state index is 11.7. The summed E-state index contributed by atoms with van der Waals surface area (Å²) in [6.45, 7) is 0. The van der Waals surface area contributed by atoms with Crippen molar-refractivity contribution in [3.63, 3.8) is 0 Å². The van der Waals surface area contributed by atoms with E-state index in [1.807, 2.05) is 0 Å². The van der Waals surface area contributed by atoms with E-state index in [0.717, 1.165) is 17.0 Å². The molecule has 0 N–H and O–H groups in total. The Morgan fingerprint density at radius 1 is 1.37 bits per heavy atom. The molecule has 0 radical (unpaired) electrons. The normalized spacial score (nSPS) is 11.2. The van der Waals surface area contributed by atoms with Crippen LogP contribution in [0.25, 0.3) is 0 Å². The van der Waals surface area contributed by atoms with Crippen LogP contribution in [0.2, 0.25) is 5.02 Å². The van der Waals surface area contributed by atoms with Crippen molar-refractivity contribution in [3.05, 3.63) is 32.8 Å². The minimum absolute atomic E-state index is 0.194. The number of hydrogen-bond donors (Lipinski definition) is 0. The molecule has 10 heteroatoms. The summed E-state index contributed by atoms with van der Waals surface area (Å²) < 4.78 is 22.6. The van der Waals surface area contributed by atoms with Crippen molar-refractivity contribution in [2.24, 2.45) is 0 Å². The molecule has 0 bridgehead atoms. The minimum atomic E-state index is -4.31. The predicted octanol–water partition coefficient (Wildman–Crippen LogP) is 1.88. The molecule has 0 aliphatic carbocycles. The Morgan fingerprint density at radius 2 is 1.89 bits per heavy atom. The molecule has 1 amide bonds. The maximum Gasteiger partial charge on any atom is 0.290 e. The third-order valence-electron chi connectivity index (χ3n) is 2.13. The topological polar surface area (TPSA) is 97.6 Å². The Labute approximate surface area is 118 Å². The number of nitro benzene ring substituents is 1. The van der Waals surface area contributed by atoms with Gasteiger partial charge in [-0.2, -0.15) is 0 Å². The third kappa shape index (κ3) is 3.34. The minimum Gasteiger partial charge on any atom is -0.345 e. The summed E-state index contributed by atoms with van der Waals surface area (Å²) in [6.07, 6.45) is 0. The highest BCUT2D eigenvalue weighted by atomic mass is 35.7. The molecular weight excluding hydrogens is 319 g/mol. The number of rotatable bonds is 3. The van der Waals surface area contributed by atoms with Crippen LogP contribution in [0, 0.1) is 10.1 Å². The van der Waals surface area contributed by atoms with Gasteiger partial charge in [0.05, 0.1) is 4.92 Å². The molecule has 1 aromatic carbocycles. The molecule has 1 aromatic rings. The Morgan fingerprint density at radius 3 is 2.26 bits per heavy atom. The van der Waals surface area contributed by atoms with Crippen LogP contribution in [0.5, 0.6) is 0 Å². The summed E-state index contributed by atoms with van der Waals surface area (Å²) in [7, 11) is 3.66. The zero-order valence-electron chi connectivity index (χ0n) is 9.75. The van der Waals surface area contributed by atoms with E-state index in [1.54, 1.807) is 0 Å². The summed E-state index contributed by atoms with van der Waals surface area (Å²) in [4.78, 5) is 22.1. The number of nitro groups is 1. The van der Waals surface area contributed by atoms with E-state index in [-0.39, 0.29) is 5.56 Å². The molecule has 0 aromatic heterocycles. The Hall–Kier alpha value is -1.38. The largest absolute Gasteiger partial charge is 0.345 e. The lowest BCUT2D eigenvalue weighted by molar-refractivity contribution is -0.384. The van der Waals surface area contributed by atoms with Gasteiger partial charge in [0.1, 0.15) is 9.92 Å². The van der Waals surface area contributed by atoms with Crippen LogP contribution in [0.4, 0.5) is 5.69 Å². The summed E-state index contributed by atoms with van der Waals surface area (Å²) >= 11 is 5.61. The first-order valence-corrected chi connectivity index (χ1v) is 7.38. The van der Waals surface area contributed by atoms with E-state index < -0.39 is 35.5 Å². The van der Waals surface area contributed by atoms with Crippen molar-refractivity contribution in [1.29, 1.82) is 0 Å². The van der Waals surface area contributed by atoms with E-state index in [2.05, 4.69) is 0 Å². The molecule has 104 valence electrons. The number of carbonyl (C=O) groups excluding carboxylic acids is 1. The van der Waals surface area contributed by atoms with Crippen LogP contribution in [0.3, 0.4) is 0 Å². The van der Waals surface area contributed by atoms with Gasteiger partial charge in [-0.3, -0.25) is 14.9 Å². The Kier molecular flexibility index (Phi) is 4.39. The van der Waals surface area contributed by atoms with Gasteiger partial charge in [0.25, 0.3) is 20.6 Å². The molecule has 0 saturated heterocycles. The summed E-state index contributed by atoms with van der Waals surface area (Å²) in [6, 6.07) is 1.80. The Bertz CT molecular complexity index is 657. The molecular formula is C9H8Cl2N2O5S. The van der Waals surface area contributed by atoms with Crippen molar-refractivity contribution in [2.75, 3.05) is 14.1 Å². The molecule has 0 spiro atoms. The van der Waals surface area contributed by atoms with Gasteiger partial charge in [-0.05, 0) is 6.07 Å². The monoisotopic (exact) mass is 326 g/mol. The number of benzene rings is 1. The molecule has 0 fully saturated rings. The van der Waals surface area contributed by atoms with Crippen molar-refractivity contribution in [3.8, 4) is 0 Å². The summed E-state index contributed by atoms with van der Waals surface area (Å²) in [5, 5.41) is 10.2.